The third-order valence-electron chi connectivity index (χ3n) is 4.96. The van der Waals surface area contributed by atoms with Gasteiger partial charge in [0.15, 0.2) is 6.61 Å². The molecule has 0 bridgehead atoms. The molecule has 1 heterocycles. The van der Waals surface area contributed by atoms with E-state index in [-0.39, 0.29) is 35.8 Å². The summed E-state index contributed by atoms with van der Waals surface area (Å²) in [5, 5.41) is 20.0. The predicted octanol–water partition coefficient (Wildman–Crippen LogP) is 4.23. The van der Waals surface area contributed by atoms with Gasteiger partial charge in [0, 0.05) is 6.54 Å². The number of hydrogen-bond donors (Lipinski definition) is 1. The van der Waals surface area contributed by atoms with Crippen molar-refractivity contribution in [3.05, 3.63) is 56.4 Å². The van der Waals surface area contributed by atoms with Gasteiger partial charge < -0.3 is 9.84 Å². The number of nitrogens with zero attached hydrogens (tertiary/aromatic N) is 2. The highest BCUT2D eigenvalue weighted by Gasteiger charge is 2.24. The number of rotatable bonds is 8. The summed E-state index contributed by atoms with van der Waals surface area (Å²) in [5.41, 5.74) is 1.45. The fourth-order valence-corrected chi connectivity index (χ4v) is 3.27. The number of pyridine rings is 1. The van der Waals surface area contributed by atoms with Crippen molar-refractivity contribution < 1.29 is 14.6 Å². The largest absolute Gasteiger partial charge is 0.494 e. The number of ether oxygens (including phenoxy) is 1. The van der Waals surface area contributed by atoms with E-state index >= 15 is 0 Å². The van der Waals surface area contributed by atoms with Crippen molar-refractivity contribution in [2.45, 2.75) is 59.9 Å². The predicted molar refractivity (Wildman–Crippen MR) is 112 cm³/mol. The van der Waals surface area contributed by atoms with E-state index in [1.807, 2.05) is 52.0 Å². The Morgan fingerprint density at radius 3 is 2.59 bits per heavy atom. The van der Waals surface area contributed by atoms with E-state index in [1.54, 1.807) is 0 Å². The number of benzene rings is 1. The molecule has 1 aromatic carbocycles. The van der Waals surface area contributed by atoms with Gasteiger partial charge in [0.2, 0.25) is 11.7 Å². The van der Waals surface area contributed by atoms with E-state index < -0.39 is 17.2 Å². The first kappa shape index (κ1) is 22.2. The van der Waals surface area contributed by atoms with Crippen LogP contribution in [0.15, 0.2) is 23.0 Å². The lowest BCUT2D eigenvalue weighted by atomic mass is 10.00. The van der Waals surface area contributed by atoms with Gasteiger partial charge in [0.25, 0.3) is 5.56 Å². The molecule has 29 heavy (non-hydrogen) atoms. The summed E-state index contributed by atoms with van der Waals surface area (Å²) in [5.74, 6) is -0.0397. The molecule has 2 aromatic rings. The smallest absolute Gasteiger partial charge is 0.271 e. The van der Waals surface area contributed by atoms with Crippen LogP contribution < -0.4 is 10.3 Å². The summed E-state index contributed by atoms with van der Waals surface area (Å²) < 4.78 is 6.90. The van der Waals surface area contributed by atoms with E-state index in [0.29, 0.717) is 12.2 Å². The molecular weight excluding hydrogens is 368 g/mol. The average molecular weight is 396 g/mol. The highest BCUT2D eigenvalue weighted by atomic mass is 16.5. The van der Waals surface area contributed by atoms with Crippen LogP contribution in [0.5, 0.6) is 11.6 Å². The first-order chi connectivity index (χ1) is 13.7. The van der Waals surface area contributed by atoms with Gasteiger partial charge in [-0.25, -0.2) is 0 Å². The first-order valence-corrected chi connectivity index (χ1v) is 9.85. The van der Waals surface area contributed by atoms with Gasteiger partial charge in [-0.15, -0.1) is 0 Å². The molecule has 0 radical (unpaired) electrons. The Labute approximate surface area is 171 Å². The van der Waals surface area contributed by atoms with E-state index in [1.165, 1.54) is 6.92 Å². The summed E-state index contributed by atoms with van der Waals surface area (Å²) in [7, 11) is 0. The zero-order chi connectivity index (χ0) is 21.7. The lowest BCUT2D eigenvalue weighted by Crippen LogP contribution is -2.27. The Morgan fingerprint density at radius 2 is 2.00 bits per heavy atom. The molecule has 0 unspecified atom stereocenters. The van der Waals surface area contributed by atoms with E-state index in [0.717, 1.165) is 22.1 Å². The van der Waals surface area contributed by atoms with Gasteiger partial charge in [-0.2, -0.15) is 5.26 Å². The fourth-order valence-electron chi connectivity index (χ4n) is 3.27. The lowest BCUT2D eigenvalue weighted by molar-refractivity contribution is 0.0915. The molecule has 0 spiro atoms. The first-order valence-electron chi connectivity index (χ1n) is 9.85. The molecule has 2 rings (SSSR count). The maximum Gasteiger partial charge on any atom is 0.271 e. The van der Waals surface area contributed by atoms with E-state index in [4.69, 9.17) is 4.74 Å². The summed E-state index contributed by atoms with van der Waals surface area (Å²) >= 11 is 0. The maximum absolute atomic E-state index is 12.9. The molecule has 0 aliphatic heterocycles. The molecular formula is C23H28N2O4. The molecule has 0 atom stereocenters. The van der Waals surface area contributed by atoms with Gasteiger partial charge in [0.05, 0.1) is 5.56 Å². The topological polar surface area (TPSA) is 92.3 Å². The third-order valence-corrected chi connectivity index (χ3v) is 4.96. The van der Waals surface area contributed by atoms with Crippen LogP contribution in [-0.4, -0.2) is 22.1 Å². The number of aromatic nitrogens is 1. The molecule has 6 heteroatoms. The number of aryl methyl sites for hydroxylation is 1. The highest BCUT2D eigenvalue weighted by molar-refractivity contribution is 6.01. The highest BCUT2D eigenvalue weighted by Crippen LogP contribution is 2.28. The number of unbranched alkanes of at least 4 members (excludes halogenated alkanes) is 1. The zero-order valence-corrected chi connectivity index (χ0v) is 17.7. The van der Waals surface area contributed by atoms with Crippen molar-refractivity contribution >= 4 is 5.78 Å². The Balaban J connectivity index is 2.43. The molecule has 154 valence electrons. The minimum Gasteiger partial charge on any atom is -0.494 e. The number of hydrogen-bond acceptors (Lipinski definition) is 5. The molecule has 1 aromatic heterocycles. The molecule has 1 N–H and O–H groups in total. The van der Waals surface area contributed by atoms with Crippen molar-refractivity contribution in [1.82, 2.24) is 4.57 Å². The molecule has 0 aliphatic carbocycles. The fraction of sp³-hybridized carbons (Fsp3) is 0.435. The van der Waals surface area contributed by atoms with Crippen molar-refractivity contribution in [3.8, 4) is 17.7 Å². The van der Waals surface area contributed by atoms with Crippen molar-refractivity contribution in [1.29, 1.82) is 5.26 Å². The van der Waals surface area contributed by atoms with Crippen LogP contribution >= 0.6 is 0 Å². The number of carbonyl (C=O) groups is 1. The quantitative estimate of drug-likeness (QED) is 0.674. The monoisotopic (exact) mass is 396 g/mol. The third kappa shape index (κ3) is 4.68. The number of carbonyl (C=O) groups excluding carboxylic acids is 1. The van der Waals surface area contributed by atoms with Crippen molar-refractivity contribution in [2.75, 3.05) is 6.61 Å². The Morgan fingerprint density at radius 1 is 1.31 bits per heavy atom. The van der Waals surface area contributed by atoms with Crippen LogP contribution in [0.1, 0.15) is 72.1 Å². The lowest BCUT2D eigenvalue weighted by Gasteiger charge is -2.17. The van der Waals surface area contributed by atoms with Crippen LogP contribution in [0, 0.1) is 25.2 Å². The van der Waals surface area contributed by atoms with Gasteiger partial charge in [-0.3, -0.25) is 14.2 Å². The molecule has 0 saturated heterocycles. The minimum absolute atomic E-state index is 0.0315. The van der Waals surface area contributed by atoms with Gasteiger partial charge in [0.1, 0.15) is 17.4 Å². The summed E-state index contributed by atoms with van der Waals surface area (Å²) in [6.07, 6.45) is 1.45. The van der Waals surface area contributed by atoms with Crippen LogP contribution in [-0.2, 0) is 6.54 Å². The van der Waals surface area contributed by atoms with Gasteiger partial charge >= 0.3 is 0 Å². The van der Waals surface area contributed by atoms with Crippen molar-refractivity contribution in [2.24, 2.45) is 0 Å². The number of aromatic hydroxyl groups is 1. The number of nitriles is 1. The molecule has 0 aliphatic rings. The van der Waals surface area contributed by atoms with Crippen LogP contribution in [0.2, 0.25) is 0 Å². The summed E-state index contributed by atoms with van der Waals surface area (Å²) in [6, 6.07) is 7.71. The van der Waals surface area contributed by atoms with Gasteiger partial charge in [-0.05, 0) is 48.9 Å². The van der Waals surface area contributed by atoms with Gasteiger partial charge in [-0.1, -0.05) is 39.3 Å². The number of ketones is 1. The normalized spacial score (nSPS) is 10.8. The molecule has 0 amide bonds. The Hall–Kier alpha value is -3.07. The second-order valence-corrected chi connectivity index (χ2v) is 7.53. The Bertz CT molecular complexity index is 1010. The molecule has 0 fully saturated rings. The second kappa shape index (κ2) is 9.42. The van der Waals surface area contributed by atoms with Crippen LogP contribution in [0.25, 0.3) is 0 Å². The average Bonchev–Trinajstić information content (AvgIpc) is 2.66. The maximum atomic E-state index is 12.9. The minimum atomic E-state index is -0.575. The summed E-state index contributed by atoms with van der Waals surface area (Å²) in [4.78, 5) is 25.4. The Kier molecular flexibility index (Phi) is 7.22. The summed E-state index contributed by atoms with van der Waals surface area (Å²) in [6.45, 7) is 9.42. The molecule has 0 saturated carbocycles. The van der Waals surface area contributed by atoms with Crippen LogP contribution in [0.3, 0.4) is 0 Å². The number of Topliss-reactive ketones (excluding diaryl/α,β-unsaturated/α-hetero) is 1. The standard InChI is InChI=1S/C23H28N2O4/c1-6-7-10-25-22(27)18(12-24)16(5)21(23(25)28)19(26)13-29-20-11-15(4)8-9-17(20)14(2)3/h8-9,11,14,28H,6-7,10,13H2,1-5H3. The van der Waals surface area contributed by atoms with E-state index in [2.05, 4.69) is 0 Å². The van der Waals surface area contributed by atoms with Crippen LogP contribution in [0.4, 0.5) is 0 Å². The van der Waals surface area contributed by atoms with E-state index in [9.17, 15) is 20.0 Å². The van der Waals surface area contributed by atoms with Crippen molar-refractivity contribution in [3.63, 3.8) is 0 Å². The molecule has 6 nitrogen and oxygen atoms in total. The zero-order valence-electron chi connectivity index (χ0n) is 17.7. The SMILES string of the molecule is CCCCn1c(O)c(C(=O)COc2cc(C)ccc2C(C)C)c(C)c(C#N)c1=O. The second-order valence-electron chi connectivity index (χ2n) is 7.53.